The van der Waals surface area contributed by atoms with Crippen molar-refractivity contribution >= 4 is 106 Å². The van der Waals surface area contributed by atoms with Crippen molar-refractivity contribution in [2.24, 2.45) is 0 Å². The van der Waals surface area contributed by atoms with Crippen molar-refractivity contribution in [3.05, 3.63) is 206 Å². The summed E-state index contributed by atoms with van der Waals surface area (Å²) < 4.78 is 7.44. The van der Waals surface area contributed by atoms with Crippen LogP contribution >= 0.6 is 22.7 Å². The van der Waals surface area contributed by atoms with Gasteiger partial charge in [-0.05, 0) is 87.8 Å². The molecule has 0 bridgehead atoms. The summed E-state index contributed by atoms with van der Waals surface area (Å²) >= 11 is 3.66. The largest absolute Gasteiger partial charge is 0.309 e. The van der Waals surface area contributed by atoms with Gasteiger partial charge in [0.05, 0.1) is 16.7 Å². The molecule has 0 amide bonds. The molecule has 0 N–H and O–H groups in total. The van der Waals surface area contributed by atoms with E-state index in [2.05, 4.69) is 193 Å². The molecule has 0 saturated carbocycles. The van der Waals surface area contributed by atoms with Crippen LogP contribution in [0.15, 0.2) is 206 Å². The summed E-state index contributed by atoms with van der Waals surface area (Å²) in [5.41, 5.74) is 8.55. The van der Waals surface area contributed by atoms with Gasteiger partial charge in [0.1, 0.15) is 0 Å². The van der Waals surface area contributed by atoms with Gasteiger partial charge in [0.25, 0.3) is 0 Å². The third-order valence-corrected chi connectivity index (χ3v) is 15.4. The Balaban J connectivity index is 1.10. The quantitative estimate of drug-likeness (QED) is 0.173. The maximum absolute atomic E-state index is 5.41. The van der Waals surface area contributed by atoms with Crippen LogP contribution in [0.25, 0.3) is 135 Å². The summed E-state index contributed by atoms with van der Waals surface area (Å²) in [5.74, 6) is 1.92. The second-order valence-electron chi connectivity index (χ2n) is 16.7. The first-order chi connectivity index (χ1) is 32.2. The average Bonchev–Trinajstić information content (AvgIpc) is 4.05. The van der Waals surface area contributed by atoms with E-state index in [4.69, 9.17) is 15.0 Å². The molecule has 0 unspecified atom stereocenters. The van der Waals surface area contributed by atoms with Gasteiger partial charge in [0, 0.05) is 73.4 Å². The van der Waals surface area contributed by atoms with Crippen molar-refractivity contribution in [2.75, 3.05) is 0 Å². The first-order valence-electron chi connectivity index (χ1n) is 21.8. The number of benzene rings is 10. The number of para-hydroxylation sites is 1. The fraction of sp³-hybridized carbons (Fsp3) is 0. The Labute approximate surface area is 381 Å². The summed E-state index contributed by atoms with van der Waals surface area (Å²) in [6.45, 7) is 0. The minimum atomic E-state index is 0.625. The van der Waals surface area contributed by atoms with Crippen molar-refractivity contribution < 1.29 is 0 Å². The molecule has 0 atom stereocenters. The second kappa shape index (κ2) is 14.2. The standard InChI is InChI=1S/C59H34N4S2/c1-2-15-35(16-3-1)57-60-58(62-59(61-57)45-25-14-24-43-42-22-9-12-27-52(42)64-55(43)45)39-29-30-50(63-49-26-11-8-21-41(49)46-31-36-17-4-5-18-37(36)34-51(46)63)47(33-39)48-32-38-19-6-7-20-40(38)56-54(48)44-23-10-13-28-53(44)65-56/h1-34H. The van der Waals surface area contributed by atoms with E-state index in [9.17, 15) is 0 Å². The predicted octanol–water partition coefficient (Wildman–Crippen LogP) is 16.7. The summed E-state index contributed by atoms with van der Waals surface area (Å²) in [7, 11) is 0. The maximum atomic E-state index is 5.41. The zero-order chi connectivity index (χ0) is 42.6. The van der Waals surface area contributed by atoms with Gasteiger partial charge in [0.15, 0.2) is 17.5 Å². The Bertz CT molecular complexity index is 4250. The van der Waals surface area contributed by atoms with E-state index in [1.54, 1.807) is 11.3 Å². The highest BCUT2D eigenvalue weighted by Gasteiger charge is 2.23. The van der Waals surface area contributed by atoms with Gasteiger partial charge in [-0.2, -0.15) is 0 Å². The van der Waals surface area contributed by atoms with Gasteiger partial charge in [-0.1, -0.05) is 146 Å². The topological polar surface area (TPSA) is 43.6 Å². The van der Waals surface area contributed by atoms with Crippen molar-refractivity contribution in [2.45, 2.75) is 0 Å². The Hall–Kier alpha value is -8.03. The van der Waals surface area contributed by atoms with E-state index in [1.165, 1.54) is 78.2 Å². The SMILES string of the molecule is c1ccc(-c2nc(-c3ccc(-n4c5ccccc5c5cc6ccccc6cc54)c(-c4cc5ccccc5c5sc6ccccc6c45)c3)nc(-c3cccc4c3sc3ccccc34)n2)cc1. The molecule has 4 nitrogen and oxygen atoms in total. The number of aromatic nitrogens is 4. The van der Waals surface area contributed by atoms with Crippen molar-refractivity contribution in [3.8, 4) is 51.0 Å². The van der Waals surface area contributed by atoms with Crippen LogP contribution < -0.4 is 0 Å². The normalized spacial score (nSPS) is 12.0. The lowest BCUT2D eigenvalue weighted by Crippen LogP contribution is -2.02. The summed E-state index contributed by atoms with van der Waals surface area (Å²) in [5, 5.41) is 12.3. The van der Waals surface area contributed by atoms with E-state index < -0.39 is 0 Å². The number of hydrogen-bond donors (Lipinski definition) is 0. The minimum absolute atomic E-state index is 0.625. The van der Waals surface area contributed by atoms with Crippen LogP contribution in [-0.2, 0) is 0 Å². The van der Waals surface area contributed by atoms with Gasteiger partial charge in [0.2, 0.25) is 0 Å². The third-order valence-electron chi connectivity index (χ3n) is 13.0. The number of thiophene rings is 2. The Kier molecular flexibility index (Phi) is 7.99. The highest BCUT2D eigenvalue weighted by Crippen LogP contribution is 2.48. The molecular formula is C59H34N4S2. The number of fused-ring (bicyclic) bond motifs is 12. The molecule has 0 fully saturated rings. The van der Waals surface area contributed by atoms with E-state index in [1.807, 2.05) is 29.5 Å². The average molecular weight is 863 g/mol. The zero-order valence-corrected chi connectivity index (χ0v) is 36.4. The molecule has 6 heteroatoms. The molecule has 4 heterocycles. The third kappa shape index (κ3) is 5.64. The first-order valence-corrected chi connectivity index (χ1v) is 23.5. The van der Waals surface area contributed by atoms with E-state index in [-0.39, 0.29) is 0 Å². The molecule has 10 aromatic carbocycles. The van der Waals surface area contributed by atoms with E-state index in [0.29, 0.717) is 17.5 Å². The molecule has 0 aliphatic rings. The highest BCUT2D eigenvalue weighted by atomic mass is 32.1. The molecular weight excluding hydrogens is 829 g/mol. The van der Waals surface area contributed by atoms with E-state index >= 15 is 0 Å². The van der Waals surface area contributed by atoms with Crippen LogP contribution in [0.2, 0.25) is 0 Å². The van der Waals surface area contributed by atoms with Gasteiger partial charge in [-0.3, -0.25) is 0 Å². The highest BCUT2D eigenvalue weighted by molar-refractivity contribution is 7.27. The summed E-state index contributed by atoms with van der Waals surface area (Å²) in [6.07, 6.45) is 0. The molecule has 65 heavy (non-hydrogen) atoms. The molecule has 14 rings (SSSR count). The lowest BCUT2D eigenvalue weighted by atomic mass is 9.93. The molecule has 0 spiro atoms. The fourth-order valence-corrected chi connectivity index (χ4v) is 12.5. The Morgan fingerprint density at radius 1 is 0.323 bits per heavy atom. The first kappa shape index (κ1) is 36.5. The summed E-state index contributed by atoms with van der Waals surface area (Å²) in [4.78, 5) is 16.0. The fourth-order valence-electron chi connectivity index (χ4n) is 10.0. The van der Waals surface area contributed by atoms with Crippen LogP contribution in [0.3, 0.4) is 0 Å². The van der Waals surface area contributed by atoms with E-state index in [0.717, 1.165) is 39.0 Å². The smallest absolute Gasteiger partial charge is 0.165 e. The molecule has 0 saturated heterocycles. The van der Waals surface area contributed by atoms with Gasteiger partial charge in [-0.15, -0.1) is 22.7 Å². The Morgan fingerprint density at radius 2 is 0.938 bits per heavy atom. The van der Waals surface area contributed by atoms with Crippen LogP contribution in [-0.4, -0.2) is 19.5 Å². The van der Waals surface area contributed by atoms with Crippen LogP contribution in [0.1, 0.15) is 0 Å². The molecule has 4 aromatic heterocycles. The molecule has 14 aromatic rings. The lowest BCUT2D eigenvalue weighted by Gasteiger charge is -2.18. The number of hydrogen-bond acceptors (Lipinski definition) is 5. The van der Waals surface area contributed by atoms with Gasteiger partial charge in [-0.25, -0.2) is 15.0 Å². The second-order valence-corrected chi connectivity index (χ2v) is 18.8. The van der Waals surface area contributed by atoms with Crippen molar-refractivity contribution in [1.82, 2.24) is 19.5 Å². The van der Waals surface area contributed by atoms with Crippen LogP contribution in [0, 0.1) is 0 Å². The number of rotatable bonds is 5. The van der Waals surface area contributed by atoms with Gasteiger partial charge < -0.3 is 4.57 Å². The van der Waals surface area contributed by atoms with Crippen LogP contribution in [0.4, 0.5) is 0 Å². The minimum Gasteiger partial charge on any atom is -0.309 e. The summed E-state index contributed by atoms with van der Waals surface area (Å²) in [6, 6.07) is 74.5. The molecule has 0 aliphatic carbocycles. The van der Waals surface area contributed by atoms with Gasteiger partial charge >= 0.3 is 0 Å². The number of nitrogens with zero attached hydrogens (tertiary/aromatic N) is 4. The molecule has 0 aliphatic heterocycles. The molecule has 0 radical (unpaired) electrons. The maximum Gasteiger partial charge on any atom is 0.165 e. The molecule has 302 valence electrons. The predicted molar refractivity (Wildman–Crippen MR) is 277 cm³/mol. The monoisotopic (exact) mass is 862 g/mol. The zero-order valence-electron chi connectivity index (χ0n) is 34.7. The van der Waals surface area contributed by atoms with Crippen molar-refractivity contribution in [1.29, 1.82) is 0 Å². The lowest BCUT2D eigenvalue weighted by molar-refractivity contribution is 1.08. The Morgan fingerprint density at radius 3 is 1.77 bits per heavy atom. The van der Waals surface area contributed by atoms with Crippen LogP contribution in [0.5, 0.6) is 0 Å². The van der Waals surface area contributed by atoms with Crippen molar-refractivity contribution in [3.63, 3.8) is 0 Å².